The molecule has 0 spiro atoms. The molecule has 0 unspecified atom stereocenters. The van der Waals surface area contributed by atoms with E-state index in [2.05, 4.69) is 29.4 Å². The smallest absolute Gasteiger partial charge is 0.319 e. The Hall–Kier alpha value is -1.95. The molecule has 2 N–H and O–H groups in total. The highest BCUT2D eigenvalue weighted by Gasteiger charge is 2.21. The molecule has 126 valence electrons. The van der Waals surface area contributed by atoms with Crippen molar-refractivity contribution in [3.8, 4) is 11.5 Å². The average Bonchev–Trinajstić information content (AvgIpc) is 3.01. The van der Waals surface area contributed by atoms with Crippen molar-refractivity contribution in [1.82, 2.24) is 10.2 Å². The lowest BCUT2D eigenvalue weighted by Gasteiger charge is -2.34. The number of ether oxygens (including phenoxy) is 2. The molecule has 0 radical (unpaired) electrons. The minimum atomic E-state index is -0.171. The van der Waals surface area contributed by atoms with Crippen molar-refractivity contribution in [2.24, 2.45) is 5.92 Å². The van der Waals surface area contributed by atoms with Crippen molar-refractivity contribution in [2.75, 3.05) is 31.7 Å². The van der Waals surface area contributed by atoms with Gasteiger partial charge >= 0.3 is 6.03 Å². The largest absolute Gasteiger partial charge is 0.454 e. The number of benzene rings is 1. The first-order valence-electron chi connectivity index (χ1n) is 8.30. The molecule has 1 aromatic carbocycles. The van der Waals surface area contributed by atoms with Crippen LogP contribution in [0, 0.1) is 5.92 Å². The maximum absolute atomic E-state index is 12.0. The van der Waals surface area contributed by atoms with Crippen LogP contribution < -0.4 is 20.1 Å². The second kappa shape index (κ2) is 7.08. The Balaban J connectivity index is 1.42. The van der Waals surface area contributed by atoms with E-state index < -0.39 is 0 Å². The van der Waals surface area contributed by atoms with E-state index in [-0.39, 0.29) is 12.8 Å². The number of anilines is 1. The second-order valence-corrected chi connectivity index (χ2v) is 6.48. The fourth-order valence-corrected chi connectivity index (χ4v) is 3.06. The summed E-state index contributed by atoms with van der Waals surface area (Å²) in [5.74, 6) is 1.95. The van der Waals surface area contributed by atoms with Gasteiger partial charge in [0.1, 0.15) is 0 Å². The Morgan fingerprint density at radius 1 is 1.26 bits per heavy atom. The molecular formula is C17H25N3O3. The van der Waals surface area contributed by atoms with Gasteiger partial charge in [-0.05, 0) is 57.8 Å². The standard InChI is InChI=1S/C17H25N3O3/c1-12(2)20-7-5-13(6-8-20)10-18-17(21)19-14-3-4-15-16(9-14)23-11-22-15/h3-4,9,12-13H,5-8,10-11H2,1-2H3,(H2,18,19,21). The van der Waals surface area contributed by atoms with E-state index in [9.17, 15) is 4.79 Å². The summed E-state index contributed by atoms with van der Waals surface area (Å²) in [5.41, 5.74) is 0.710. The summed E-state index contributed by atoms with van der Waals surface area (Å²) in [6.07, 6.45) is 2.28. The number of hydrogen-bond donors (Lipinski definition) is 2. The van der Waals surface area contributed by atoms with Gasteiger partial charge in [0.2, 0.25) is 6.79 Å². The molecule has 2 aliphatic heterocycles. The average molecular weight is 319 g/mol. The van der Waals surface area contributed by atoms with Gasteiger partial charge in [-0.25, -0.2) is 4.79 Å². The van der Waals surface area contributed by atoms with Crippen LogP contribution in [0.25, 0.3) is 0 Å². The highest BCUT2D eigenvalue weighted by Crippen LogP contribution is 2.34. The van der Waals surface area contributed by atoms with Crippen molar-refractivity contribution in [3.63, 3.8) is 0 Å². The molecule has 1 fully saturated rings. The van der Waals surface area contributed by atoms with Crippen LogP contribution >= 0.6 is 0 Å². The predicted octanol–water partition coefficient (Wildman–Crippen LogP) is 2.66. The van der Waals surface area contributed by atoms with Gasteiger partial charge in [-0.1, -0.05) is 0 Å². The highest BCUT2D eigenvalue weighted by molar-refractivity contribution is 5.89. The third-order valence-electron chi connectivity index (χ3n) is 4.56. The van der Waals surface area contributed by atoms with E-state index in [0.717, 1.165) is 32.5 Å². The van der Waals surface area contributed by atoms with E-state index in [1.165, 1.54) is 0 Å². The summed E-state index contributed by atoms with van der Waals surface area (Å²) in [5, 5.41) is 5.81. The fraction of sp³-hybridized carbons (Fsp3) is 0.588. The normalized spacial score (nSPS) is 18.2. The third kappa shape index (κ3) is 4.07. The molecular weight excluding hydrogens is 294 g/mol. The SMILES string of the molecule is CC(C)N1CCC(CNC(=O)Nc2ccc3c(c2)OCO3)CC1. The summed E-state index contributed by atoms with van der Waals surface area (Å²) in [6, 6.07) is 5.84. The van der Waals surface area contributed by atoms with Crippen molar-refractivity contribution in [1.29, 1.82) is 0 Å². The zero-order valence-corrected chi connectivity index (χ0v) is 13.8. The number of hydrogen-bond acceptors (Lipinski definition) is 4. The number of carbonyl (C=O) groups excluding carboxylic acids is 1. The summed E-state index contributed by atoms with van der Waals surface area (Å²) < 4.78 is 10.6. The van der Waals surface area contributed by atoms with Gasteiger partial charge in [-0.3, -0.25) is 0 Å². The minimum absolute atomic E-state index is 0.171. The first-order chi connectivity index (χ1) is 11.1. The molecule has 0 atom stereocenters. The van der Waals surface area contributed by atoms with Gasteiger partial charge in [0.25, 0.3) is 0 Å². The van der Waals surface area contributed by atoms with Gasteiger partial charge in [0, 0.05) is 24.3 Å². The Labute approximate surface area is 137 Å². The molecule has 2 aliphatic rings. The summed E-state index contributed by atoms with van der Waals surface area (Å²) in [7, 11) is 0. The number of urea groups is 1. The Morgan fingerprint density at radius 2 is 2.00 bits per heavy atom. The highest BCUT2D eigenvalue weighted by atomic mass is 16.7. The lowest BCUT2D eigenvalue weighted by Crippen LogP contribution is -2.42. The topological polar surface area (TPSA) is 62.8 Å². The molecule has 6 heteroatoms. The third-order valence-corrected chi connectivity index (χ3v) is 4.56. The van der Waals surface area contributed by atoms with E-state index in [0.29, 0.717) is 29.1 Å². The van der Waals surface area contributed by atoms with Crippen molar-refractivity contribution in [3.05, 3.63) is 18.2 Å². The minimum Gasteiger partial charge on any atom is -0.454 e. The number of piperidine rings is 1. The number of amides is 2. The maximum atomic E-state index is 12.0. The second-order valence-electron chi connectivity index (χ2n) is 6.48. The predicted molar refractivity (Wildman–Crippen MR) is 89.0 cm³/mol. The lowest BCUT2D eigenvalue weighted by atomic mass is 9.96. The van der Waals surface area contributed by atoms with Crippen molar-refractivity contribution in [2.45, 2.75) is 32.7 Å². The van der Waals surface area contributed by atoms with Gasteiger partial charge < -0.3 is 25.0 Å². The Kier molecular flexibility index (Phi) is 4.91. The number of rotatable bonds is 4. The zero-order valence-electron chi connectivity index (χ0n) is 13.8. The number of nitrogens with one attached hydrogen (secondary N) is 2. The Bertz CT molecular complexity index is 554. The van der Waals surface area contributed by atoms with Crippen LogP contribution in [0.5, 0.6) is 11.5 Å². The molecule has 3 rings (SSSR count). The van der Waals surface area contributed by atoms with Crippen LogP contribution in [-0.2, 0) is 0 Å². The molecule has 0 aliphatic carbocycles. The van der Waals surface area contributed by atoms with Crippen LogP contribution in [-0.4, -0.2) is 43.4 Å². The lowest BCUT2D eigenvalue weighted by molar-refractivity contribution is 0.149. The summed E-state index contributed by atoms with van der Waals surface area (Å²) in [4.78, 5) is 14.5. The van der Waals surface area contributed by atoms with E-state index in [1.807, 2.05) is 6.07 Å². The molecule has 1 saturated heterocycles. The summed E-state index contributed by atoms with van der Waals surface area (Å²) >= 11 is 0. The number of likely N-dealkylation sites (tertiary alicyclic amines) is 1. The van der Waals surface area contributed by atoms with Gasteiger partial charge in [0.05, 0.1) is 0 Å². The molecule has 0 saturated carbocycles. The van der Waals surface area contributed by atoms with E-state index >= 15 is 0 Å². The molecule has 6 nitrogen and oxygen atoms in total. The molecule has 23 heavy (non-hydrogen) atoms. The van der Waals surface area contributed by atoms with Gasteiger partial charge in [0.15, 0.2) is 11.5 Å². The van der Waals surface area contributed by atoms with Crippen LogP contribution in [0.3, 0.4) is 0 Å². The number of nitrogens with zero attached hydrogens (tertiary/aromatic N) is 1. The first kappa shape index (κ1) is 15.9. The molecule has 1 aromatic rings. The zero-order chi connectivity index (χ0) is 16.2. The van der Waals surface area contributed by atoms with E-state index in [1.54, 1.807) is 12.1 Å². The van der Waals surface area contributed by atoms with Crippen LogP contribution in [0.15, 0.2) is 18.2 Å². The number of carbonyl (C=O) groups is 1. The van der Waals surface area contributed by atoms with Crippen LogP contribution in [0.4, 0.5) is 10.5 Å². The van der Waals surface area contributed by atoms with Crippen LogP contribution in [0.1, 0.15) is 26.7 Å². The monoisotopic (exact) mass is 319 g/mol. The summed E-state index contributed by atoms with van der Waals surface area (Å²) in [6.45, 7) is 7.67. The van der Waals surface area contributed by atoms with Crippen LogP contribution in [0.2, 0.25) is 0 Å². The molecule has 2 amide bonds. The Morgan fingerprint density at radius 3 is 2.74 bits per heavy atom. The first-order valence-corrected chi connectivity index (χ1v) is 8.30. The van der Waals surface area contributed by atoms with E-state index in [4.69, 9.17) is 9.47 Å². The number of fused-ring (bicyclic) bond motifs is 1. The molecule has 0 aromatic heterocycles. The van der Waals surface area contributed by atoms with Crippen molar-refractivity contribution < 1.29 is 14.3 Å². The van der Waals surface area contributed by atoms with Crippen molar-refractivity contribution >= 4 is 11.7 Å². The molecule has 2 heterocycles. The molecule has 0 bridgehead atoms. The van der Waals surface area contributed by atoms with Gasteiger partial charge in [-0.15, -0.1) is 0 Å². The van der Waals surface area contributed by atoms with Gasteiger partial charge in [-0.2, -0.15) is 0 Å². The quantitative estimate of drug-likeness (QED) is 0.895. The fourth-order valence-electron chi connectivity index (χ4n) is 3.06. The maximum Gasteiger partial charge on any atom is 0.319 e.